The highest BCUT2D eigenvalue weighted by molar-refractivity contribution is 7.88. The zero-order chi connectivity index (χ0) is 31.5. The molecule has 0 radical (unpaired) electrons. The highest BCUT2D eigenvalue weighted by Gasteiger charge is 2.33. The largest absolute Gasteiger partial charge is 0.497 e. The highest BCUT2D eigenvalue weighted by Crippen LogP contribution is 2.18. The molecule has 1 unspecified atom stereocenters. The number of methoxy groups -OCH3 is 1. The van der Waals surface area contributed by atoms with Crippen molar-refractivity contribution in [2.75, 3.05) is 19.9 Å². The van der Waals surface area contributed by atoms with Crippen LogP contribution in [0.3, 0.4) is 0 Å². The smallest absolute Gasteiger partial charge is 0.243 e. The summed E-state index contributed by atoms with van der Waals surface area (Å²) in [5, 5.41) is 2.94. The van der Waals surface area contributed by atoms with Crippen molar-refractivity contribution in [2.45, 2.75) is 32.1 Å². The fraction of sp³-hybridized carbons (Fsp3) is 0.235. The van der Waals surface area contributed by atoms with Crippen molar-refractivity contribution >= 4 is 21.8 Å². The van der Waals surface area contributed by atoms with E-state index in [-0.39, 0.29) is 26.1 Å². The first-order valence-corrected chi connectivity index (χ1v) is 15.9. The van der Waals surface area contributed by atoms with E-state index in [4.69, 9.17) is 4.74 Å². The number of sulfonamides is 1. The first kappa shape index (κ1) is 32.4. The van der Waals surface area contributed by atoms with Gasteiger partial charge in [-0.05, 0) is 46.5 Å². The van der Waals surface area contributed by atoms with Gasteiger partial charge in [0.1, 0.15) is 17.6 Å². The van der Waals surface area contributed by atoms with E-state index < -0.39 is 40.2 Å². The van der Waals surface area contributed by atoms with Crippen LogP contribution in [-0.2, 0) is 45.7 Å². The van der Waals surface area contributed by atoms with Gasteiger partial charge in [-0.15, -0.1) is 0 Å². The number of nitrogens with zero attached hydrogens (tertiary/aromatic N) is 2. The molecular formula is C34H36FN3O5S. The first-order valence-electron chi connectivity index (χ1n) is 14.1. The zero-order valence-electron chi connectivity index (χ0n) is 24.7. The van der Waals surface area contributed by atoms with Crippen LogP contribution < -0.4 is 10.1 Å². The van der Waals surface area contributed by atoms with Crippen LogP contribution in [0.1, 0.15) is 22.3 Å². The van der Waals surface area contributed by atoms with E-state index in [2.05, 4.69) is 5.32 Å². The van der Waals surface area contributed by atoms with Gasteiger partial charge in [-0.3, -0.25) is 9.59 Å². The average molecular weight is 618 g/mol. The predicted octanol–water partition coefficient (Wildman–Crippen LogP) is 4.55. The molecule has 0 bridgehead atoms. The van der Waals surface area contributed by atoms with Crippen LogP contribution in [0.5, 0.6) is 5.75 Å². The van der Waals surface area contributed by atoms with Crippen molar-refractivity contribution in [3.05, 3.63) is 137 Å². The number of halogens is 1. The third-order valence-corrected chi connectivity index (χ3v) is 8.34. The second kappa shape index (κ2) is 15.3. The normalized spacial score (nSPS) is 12.0. The maximum atomic E-state index is 14.1. The number of hydrogen-bond donors (Lipinski definition) is 1. The first-order chi connectivity index (χ1) is 21.1. The molecule has 0 saturated heterocycles. The minimum absolute atomic E-state index is 0.0111. The fourth-order valence-electron chi connectivity index (χ4n) is 4.71. The third-order valence-electron chi connectivity index (χ3n) is 7.15. The van der Waals surface area contributed by atoms with Gasteiger partial charge in [-0.1, -0.05) is 84.9 Å². The molecule has 2 amide bonds. The van der Waals surface area contributed by atoms with Crippen LogP contribution in [0.4, 0.5) is 4.39 Å². The van der Waals surface area contributed by atoms with Crippen LogP contribution in [0.2, 0.25) is 0 Å². The van der Waals surface area contributed by atoms with Gasteiger partial charge in [0, 0.05) is 26.1 Å². The molecule has 44 heavy (non-hydrogen) atoms. The molecular weight excluding hydrogens is 581 g/mol. The molecule has 0 aromatic heterocycles. The molecule has 4 aromatic rings. The van der Waals surface area contributed by atoms with Crippen molar-refractivity contribution in [3.8, 4) is 5.75 Å². The molecule has 4 aromatic carbocycles. The molecule has 0 saturated carbocycles. The lowest BCUT2D eigenvalue weighted by Crippen LogP contribution is -2.53. The zero-order valence-corrected chi connectivity index (χ0v) is 25.5. The van der Waals surface area contributed by atoms with E-state index in [1.165, 1.54) is 17.0 Å². The van der Waals surface area contributed by atoms with Crippen LogP contribution >= 0.6 is 0 Å². The summed E-state index contributed by atoms with van der Waals surface area (Å²) in [7, 11) is -2.23. The maximum absolute atomic E-state index is 14.1. The predicted molar refractivity (Wildman–Crippen MR) is 167 cm³/mol. The Bertz CT molecular complexity index is 1620. The fourth-order valence-corrected chi connectivity index (χ4v) is 5.44. The monoisotopic (exact) mass is 617 g/mol. The van der Waals surface area contributed by atoms with E-state index in [9.17, 15) is 22.4 Å². The molecule has 0 heterocycles. The molecule has 0 spiro atoms. The van der Waals surface area contributed by atoms with Gasteiger partial charge in [0.05, 0.1) is 19.9 Å². The Balaban J connectivity index is 1.66. The molecule has 1 atom stereocenters. The minimum Gasteiger partial charge on any atom is -0.497 e. The number of nitrogens with one attached hydrogen (secondary N) is 1. The Morgan fingerprint density at radius 1 is 0.773 bits per heavy atom. The van der Waals surface area contributed by atoms with Gasteiger partial charge in [0.15, 0.2) is 0 Å². The van der Waals surface area contributed by atoms with Crippen LogP contribution in [0.15, 0.2) is 109 Å². The van der Waals surface area contributed by atoms with Gasteiger partial charge in [-0.2, -0.15) is 4.31 Å². The van der Waals surface area contributed by atoms with Gasteiger partial charge in [-0.25, -0.2) is 12.8 Å². The summed E-state index contributed by atoms with van der Waals surface area (Å²) < 4.78 is 45.7. The molecule has 0 aliphatic carbocycles. The average Bonchev–Trinajstić information content (AvgIpc) is 3.03. The van der Waals surface area contributed by atoms with Gasteiger partial charge in [0.25, 0.3) is 0 Å². The number of hydrogen-bond acceptors (Lipinski definition) is 5. The summed E-state index contributed by atoms with van der Waals surface area (Å²) in [5.41, 5.74) is 2.96. The Morgan fingerprint density at radius 2 is 1.32 bits per heavy atom. The molecule has 8 nitrogen and oxygen atoms in total. The number of amides is 2. The highest BCUT2D eigenvalue weighted by atomic mass is 32.2. The summed E-state index contributed by atoms with van der Waals surface area (Å²) in [6, 6.07) is 30.2. The van der Waals surface area contributed by atoms with E-state index in [1.54, 1.807) is 55.6 Å². The van der Waals surface area contributed by atoms with Crippen LogP contribution in [-0.4, -0.2) is 55.4 Å². The number of carbonyl (C=O) groups excluding carboxylic acids is 2. The lowest BCUT2D eigenvalue weighted by Gasteiger charge is -2.33. The maximum Gasteiger partial charge on any atom is 0.243 e. The van der Waals surface area contributed by atoms with Crippen LogP contribution in [0, 0.1) is 5.82 Å². The number of carbonyl (C=O) groups is 2. The summed E-state index contributed by atoms with van der Waals surface area (Å²) >= 11 is 0. The Hall–Kier alpha value is -4.54. The molecule has 1 N–H and O–H groups in total. The number of benzene rings is 4. The lowest BCUT2D eigenvalue weighted by atomic mass is 10.0. The standard InChI is InChI=1S/C34H36FN3O5S/c1-43-31-19-15-27(16-20-31)22-36-34(40)32(21-26-9-5-3-6-10-26)38(24-29-13-17-30(35)18-14-29)33(39)25-37(44(2,41)42)23-28-11-7-4-8-12-28/h3-20,32H,21-25H2,1-2H3,(H,36,40). The third kappa shape index (κ3) is 9.48. The summed E-state index contributed by atoms with van der Waals surface area (Å²) in [6.45, 7) is -0.319. The topological polar surface area (TPSA) is 96.0 Å². The number of ether oxygens (including phenoxy) is 1. The van der Waals surface area contributed by atoms with Crippen LogP contribution in [0.25, 0.3) is 0 Å². The van der Waals surface area contributed by atoms with Gasteiger partial charge < -0.3 is 15.0 Å². The van der Waals surface area contributed by atoms with Crippen molar-refractivity contribution in [1.29, 1.82) is 0 Å². The molecule has 4 rings (SSSR count). The second-order valence-electron chi connectivity index (χ2n) is 10.4. The minimum atomic E-state index is -3.80. The molecule has 0 fully saturated rings. The van der Waals surface area contributed by atoms with Crippen molar-refractivity contribution < 1.29 is 27.1 Å². The number of rotatable bonds is 14. The van der Waals surface area contributed by atoms with Crippen molar-refractivity contribution in [3.63, 3.8) is 0 Å². The van der Waals surface area contributed by atoms with Gasteiger partial charge in [0.2, 0.25) is 21.8 Å². The van der Waals surface area contributed by atoms with Crippen molar-refractivity contribution in [2.24, 2.45) is 0 Å². The summed E-state index contributed by atoms with van der Waals surface area (Å²) in [5.74, 6) is -0.717. The summed E-state index contributed by atoms with van der Waals surface area (Å²) in [6.07, 6.45) is 1.23. The summed E-state index contributed by atoms with van der Waals surface area (Å²) in [4.78, 5) is 29.4. The Morgan fingerprint density at radius 3 is 1.89 bits per heavy atom. The Kier molecular flexibility index (Phi) is 11.2. The van der Waals surface area contributed by atoms with E-state index in [1.807, 2.05) is 48.5 Å². The molecule has 0 aliphatic heterocycles. The van der Waals surface area contributed by atoms with E-state index in [0.717, 1.165) is 21.7 Å². The van der Waals surface area contributed by atoms with Gasteiger partial charge >= 0.3 is 0 Å². The quantitative estimate of drug-likeness (QED) is 0.224. The molecule has 10 heteroatoms. The molecule has 230 valence electrons. The van der Waals surface area contributed by atoms with Crippen molar-refractivity contribution in [1.82, 2.24) is 14.5 Å². The SMILES string of the molecule is COc1ccc(CNC(=O)C(Cc2ccccc2)N(Cc2ccc(F)cc2)C(=O)CN(Cc2ccccc2)S(C)(=O)=O)cc1. The second-order valence-corrected chi connectivity index (χ2v) is 12.4. The van der Waals surface area contributed by atoms with E-state index in [0.29, 0.717) is 16.9 Å². The molecule has 0 aliphatic rings. The van der Waals surface area contributed by atoms with E-state index >= 15 is 0 Å². The Labute approximate surface area is 258 Å². The lowest BCUT2D eigenvalue weighted by molar-refractivity contribution is -0.141.